The predicted octanol–water partition coefficient (Wildman–Crippen LogP) is 3.42. The molecule has 3 aromatic rings. The number of rotatable bonds is 5. The summed E-state index contributed by atoms with van der Waals surface area (Å²) < 4.78 is 14.0. The van der Waals surface area contributed by atoms with E-state index < -0.39 is 5.82 Å². The minimum absolute atomic E-state index is 0.00466. The molecule has 3 rings (SSSR count). The average Bonchev–Trinajstić information content (AvgIpc) is 2.63. The van der Waals surface area contributed by atoms with Gasteiger partial charge in [0.2, 0.25) is 0 Å². The van der Waals surface area contributed by atoms with E-state index >= 15 is 0 Å². The first-order valence-corrected chi connectivity index (χ1v) is 8.81. The van der Waals surface area contributed by atoms with Gasteiger partial charge < -0.3 is 10.2 Å². The van der Waals surface area contributed by atoms with Gasteiger partial charge in [0.25, 0.3) is 5.91 Å². The summed E-state index contributed by atoms with van der Waals surface area (Å²) in [5.41, 5.74) is 3.53. The molecule has 0 aliphatic carbocycles. The Morgan fingerprint density at radius 2 is 1.78 bits per heavy atom. The summed E-state index contributed by atoms with van der Waals surface area (Å²) in [5.74, 6) is -0.864. The number of benzene rings is 2. The molecule has 6 heteroatoms. The summed E-state index contributed by atoms with van der Waals surface area (Å²) in [6.45, 7) is 4.03. The van der Waals surface area contributed by atoms with Crippen molar-refractivity contribution < 1.29 is 9.18 Å². The molecule has 0 aliphatic rings. The fourth-order valence-electron chi connectivity index (χ4n) is 3.03. The van der Waals surface area contributed by atoms with Gasteiger partial charge >= 0.3 is 0 Å². The van der Waals surface area contributed by atoms with Crippen molar-refractivity contribution in [2.45, 2.75) is 19.9 Å². The third-order valence-electron chi connectivity index (χ3n) is 4.65. The van der Waals surface area contributed by atoms with Crippen LogP contribution in [-0.2, 0) is 0 Å². The number of halogens is 1. The van der Waals surface area contributed by atoms with Crippen LogP contribution < -0.4 is 5.32 Å². The highest BCUT2D eigenvalue weighted by Gasteiger charge is 2.19. The lowest BCUT2D eigenvalue weighted by Gasteiger charge is -2.25. The van der Waals surface area contributed by atoms with Gasteiger partial charge in [-0.1, -0.05) is 30.3 Å². The Labute approximate surface area is 158 Å². The first-order chi connectivity index (χ1) is 12.9. The molecule has 0 saturated heterocycles. The molecule has 0 saturated carbocycles. The monoisotopic (exact) mass is 366 g/mol. The Balaban J connectivity index is 1.89. The Kier molecular flexibility index (Phi) is 5.46. The van der Waals surface area contributed by atoms with Gasteiger partial charge in [0.1, 0.15) is 11.3 Å². The van der Waals surface area contributed by atoms with Crippen molar-refractivity contribution in [1.82, 2.24) is 20.2 Å². The zero-order valence-corrected chi connectivity index (χ0v) is 16.0. The zero-order valence-electron chi connectivity index (χ0n) is 16.0. The standard InChI is InChI=1S/C21H23FN4O/c1-13-14(2)25-20-17(10-16(22)11-18(20)24-13)21(27)23-12-19(26(3)4)15-8-6-5-7-9-15/h5-11,19H,12H2,1-4H3,(H,23,27)/t19-/m1/s1. The highest BCUT2D eigenvalue weighted by Crippen LogP contribution is 2.20. The number of carbonyl (C=O) groups is 1. The zero-order chi connectivity index (χ0) is 19.6. The van der Waals surface area contributed by atoms with E-state index in [0.717, 1.165) is 17.0 Å². The third kappa shape index (κ3) is 4.11. The Bertz CT molecular complexity index is 973. The van der Waals surface area contributed by atoms with Crippen LogP contribution in [0.15, 0.2) is 42.5 Å². The number of aryl methyl sites for hydroxylation is 2. The van der Waals surface area contributed by atoms with E-state index in [1.807, 2.05) is 63.2 Å². The summed E-state index contributed by atoms with van der Waals surface area (Å²) in [6.07, 6.45) is 0. The normalized spacial score (nSPS) is 12.4. The van der Waals surface area contributed by atoms with Crippen molar-refractivity contribution in [2.75, 3.05) is 20.6 Å². The van der Waals surface area contributed by atoms with E-state index in [1.54, 1.807) is 0 Å². The van der Waals surface area contributed by atoms with Crippen molar-refractivity contribution in [3.63, 3.8) is 0 Å². The van der Waals surface area contributed by atoms with Crippen LogP contribution in [-0.4, -0.2) is 41.4 Å². The van der Waals surface area contributed by atoms with Crippen molar-refractivity contribution in [1.29, 1.82) is 0 Å². The molecule has 0 bridgehead atoms. The molecule has 0 unspecified atom stereocenters. The number of nitrogens with zero attached hydrogens (tertiary/aromatic N) is 3. The molecular formula is C21H23FN4O. The molecule has 1 aromatic heterocycles. The first-order valence-electron chi connectivity index (χ1n) is 8.81. The Morgan fingerprint density at radius 1 is 1.11 bits per heavy atom. The maximum Gasteiger partial charge on any atom is 0.253 e. The molecule has 1 N–H and O–H groups in total. The molecule has 140 valence electrons. The van der Waals surface area contributed by atoms with E-state index in [-0.39, 0.29) is 17.5 Å². The number of likely N-dealkylation sites (N-methyl/N-ethyl adjacent to an activating group) is 1. The van der Waals surface area contributed by atoms with E-state index in [2.05, 4.69) is 15.3 Å². The summed E-state index contributed by atoms with van der Waals surface area (Å²) in [6, 6.07) is 12.5. The van der Waals surface area contributed by atoms with E-state index in [9.17, 15) is 9.18 Å². The smallest absolute Gasteiger partial charge is 0.253 e. The van der Waals surface area contributed by atoms with Gasteiger partial charge in [0.05, 0.1) is 28.5 Å². The number of aromatic nitrogens is 2. The van der Waals surface area contributed by atoms with E-state index in [0.29, 0.717) is 17.6 Å². The highest BCUT2D eigenvalue weighted by atomic mass is 19.1. The van der Waals surface area contributed by atoms with E-state index in [1.165, 1.54) is 12.1 Å². The summed E-state index contributed by atoms with van der Waals surface area (Å²) >= 11 is 0. The Morgan fingerprint density at radius 3 is 2.44 bits per heavy atom. The second-order valence-corrected chi connectivity index (χ2v) is 6.82. The number of hydrogen-bond acceptors (Lipinski definition) is 4. The second kappa shape index (κ2) is 7.80. The van der Waals surface area contributed by atoms with Crippen LogP contribution in [0, 0.1) is 19.7 Å². The van der Waals surface area contributed by atoms with Gasteiger partial charge in [0, 0.05) is 12.6 Å². The molecule has 2 aromatic carbocycles. The highest BCUT2D eigenvalue weighted by molar-refractivity contribution is 6.04. The minimum Gasteiger partial charge on any atom is -0.350 e. The number of nitrogens with one attached hydrogen (secondary N) is 1. The molecule has 0 aliphatic heterocycles. The molecule has 0 radical (unpaired) electrons. The van der Waals surface area contributed by atoms with Crippen LogP contribution in [0.4, 0.5) is 4.39 Å². The van der Waals surface area contributed by atoms with Crippen LogP contribution in [0.25, 0.3) is 11.0 Å². The van der Waals surface area contributed by atoms with Gasteiger partial charge in [-0.05, 0) is 39.6 Å². The molecular weight excluding hydrogens is 343 g/mol. The first kappa shape index (κ1) is 18.9. The lowest BCUT2D eigenvalue weighted by molar-refractivity contribution is 0.0943. The topological polar surface area (TPSA) is 58.1 Å². The quantitative estimate of drug-likeness (QED) is 0.752. The van der Waals surface area contributed by atoms with Crippen LogP contribution >= 0.6 is 0 Å². The number of amides is 1. The molecule has 27 heavy (non-hydrogen) atoms. The molecule has 5 nitrogen and oxygen atoms in total. The van der Waals surface area contributed by atoms with Gasteiger partial charge in [-0.15, -0.1) is 0 Å². The molecule has 1 heterocycles. The summed E-state index contributed by atoms with van der Waals surface area (Å²) in [5, 5.41) is 2.92. The van der Waals surface area contributed by atoms with Crippen LogP contribution in [0.2, 0.25) is 0 Å². The van der Waals surface area contributed by atoms with Crippen LogP contribution in [0.3, 0.4) is 0 Å². The maximum absolute atomic E-state index is 14.0. The fourth-order valence-corrected chi connectivity index (χ4v) is 3.03. The maximum atomic E-state index is 14.0. The average molecular weight is 366 g/mol. The van der Waals surface area contributed by atoms with Crippen molar-refractivity contribution >= 4 is 16.9 Å². The lowest BCUT2D eigenvalue weighted by Crippen LogP contribution is -2.34. The predicted molar refractivity (Wildman–Crippen MR) is 104 cm³/mol. The van der Waals surface area contributed by atoms with Gasteiger partial charge in [-0.25, -0.2) is 14.4 Å². The summed E-state index contributed by atoms with van der Waals surface area (Å²) in [4.78, 5) is 23.7. The van der Waals surface area contributed by atoms with Gasteiger partial charge in [-0.3, -0.25) is 4.79 Å². The summed E-state index contributed by atoms with van der Waals surface area (Å²) in [7, 11) is 3.91. The van der Waals surface area contributed by atoms with Crippen molar-refractivity contribution in [2.24, 2.45) is 0 Å². The van der Waals surface area contributed by atoms with Gasteiger partial charge in [0.15, 0.2) is 0 Å². The van der Waals surface area contributed by atoms with Gasteiger partial charge in [-0.2, -0.15) is 0 Å². The molecule has 0 spiro atoms. The number of hydrogen-bond donors (Lipinski definition) is 1. The van der Waals surface area contributed by atoms with E-state index in [4.69, 9.17) is 0 Å². The number of carbonyl (C=O) groups excluding carboxylic acids is 1. The largest absolute Gasteiger partial charge is 0.350 e. The molecule has 1 atom stereocenters. The van der Waals surface area contributed by atoms with Crippen LogP contribution in [0.5, 0.6) is 0 Å². The minimum atomic E-state index is -0.502. The molecule has 0 fully saturated rings. The third-order valence-corrected chi connectivity index (χ3v) is 4.65. The Hall–Kier alpha value is -2.86. The van der Waals surface area contributed by atoms with Crippen molar-refractivity contribution in [3.8, 4) is 0 Å². The fraction of sp³-hybridized carbons (Fsp3) is 0.286. The van der Waals surface area contributed by atoms with Crippen molar-refractivity contribution in [3.05, 3.63) is 70.8 Å². The number of fused-ring (bicyclic) bond motifs is 1. The van der Waals surface area contributed by atoms with Crippen LogP contribution in [0.1, 0.15) is 33.4 Å². The SMILES string of the molecule is Cc1nc2cc(F)cc(C(=O)NC[C@H](c3ccccc3)N(C)C)c2nc1C. The lowest BCUT2D eigenvalue weighted by atomic mass is 10.1. The molecule has 1 amide bonds. The second-order valence-electron chi connectivity index (χ2n) is 6.82.